The van der Waals surface area contributed by atoms with Crippen LogP contribution in [0.25, 0.3) is 11.1 Å². The second-order valence-corrected chi connectivity index (χ2v) is 6.44. The lowest BCUT2D eigenvalue weighted by Crippen LogP contribution is -2.32. The molecule has 3 rings (SSSR count). The van der Waals surface area contributed by atoms with E-state index in [1.807, 2.05) is 18.3 Å². The van der Waals surface area contributed by atoms with Crippen molar-refractivity contribution in [1.29, 1.82) is 0 Å². The summed E-state index contributed by atoms with van der Waals surface area (Å²) in [6.45, 7) is 1.01. The molecule has 3 heterocycles. The zero-order chi connectivity index (χ0) is 21.5. The number of anilines is 2. The van der Waals surface area contributed by atoms with Crippen LogP contribution in [-0.4, -0.2) is 51.2 Å². The minimum atomic E-state index is -0.0583. The summed E-state index contributed by atoms with van der Waals surface area (Å²) in [6, 6.07) is 3.90. The number of ether oxygens (including phenoxy) is 1. The van der Waals surface area contributed by atoms with E-state index in [4.69, 9.17) is 27.2 Å². The number of aliphatic hydroxyl groups excluding tert-OH is 1. The Morgan fingerprint density at radius 2 is 2.23 bits per heavy atom. The number of nitrogens with zero attached hydrogens (tertiary/aromatic N) is 6. The van der Waals surface area contributed by atoms with Gasteiger partial charge >= 0.3 is 0 Å². The third kappa shape index (κ3) is 4.71. The fourth-order valence-corrected chi connectivity index (χ4v) is 2.87. The maximum absolute atomic E-state index is 8.87. The third-order valence-corrected chi connectivity index (χ3v) is 4.31. The van der Waals surface area contributed by atoms with Crippen LogP contribution >= 0.6 is 0 Å². The van der Waals surface area contributed by atoms with Crippen LogP contribution in [-0.2, 0) is 17.9 Å². The molecule has 0 atom stereocenters. The van der Waals surface area contributed by atoms with Gasteiger partial charge in [0.1, 0.15) is 0 Å². The summed E-state index contributed by atoms with van der Waals surface area (Å²) in [6.07, 6.45) is 8.00. The Labute approximate surface area is 173 Å². The molecule has 0 aliphatic rings. The van der Waals surface area contributed by atoms with Crippen LogP contribution in [0.5, 0.6) is 0 Å². The average Bonchev–Trinajstić information content (AvgIpc) is 3.14. The van der Waals surface area contributed by atoms with Crippen LogP contribution in [0.4, 0.5) is 11.6 Å². The summed E-state index contributed by atoms with van der Waals surface area (Å²) in [7, 11) is 1.64. The Balaban J connectivity index is 1.85. The molecule has 0 radical (unpaired) electrons. The molecular weight excluding hydrogens is 386 g/mol. The van der Waals surface area contributed by atoms with Crippen LogP contribution in [0, 0.1) is 0 Å². The summed E-state index contributed by atoms with van der Waals surface area (Å²) >= 11 is 0. The van der Waals surface area contributed by atoms with E-state index >= 15 is 0 Å². The molecule has 3 aromatic heterocycles. The molecule has 0 saturated heterocycles. The molecule has 11 heteroatoms. The summed E-state index contributed by atoms with van der Waals surface area (Å²) < 4.78 is 6.99. The number of aromatic nitrogens is 4. The Bertz CT molecular complexity index is 1060. The Hall–Kier alpha value is -3.54. The van der Waals surface area contributed by atoms with E-state index < -0.39 is 0 Å². The van der Waals surface area contributed by atoms with Crippen molar-refractivity contribution in [2.24, 2.45) is 16.6 Å². The second-order valence-electron chi connectivity index (χ2n) is 6.44. The number of fused-ring (bicyclic) bond motifs is 1. The molecule has 30 heavy (non-hydrogen) atoms. The fraction of sp³-hybridized carbons (Fsp3) is 0.263. The van der Waals surface area contributed by atoms with Crippen molar-refractivity contribution in [3.05, 3.63) is 53.7 Å². The van der Waals surface area contributed by atoms with E-state index in [0.717, 1.165) is 16.6 Å². The second kappa shape index (κ2) is 9.78. The highest BCUT2D eigenvalue weighted by Crippen LogP contribution is 2.21. The van der Waals surface area contributed by atoms with Gasteiger partial charge in [0, 0.05) is 36.9 Å². The SMILES string of the molecule is COCc1cnn2ccc(CN(N)c3nc(C(C=NCCO)=CN)cnc3N)cc12. The normalized spacial score (nSPS) is 12.2. The predicted molar refractivity (Wildman–Crippen MR) is 115 cm³/mol. The number of rotatable bonds is 9. The minimum Gasteiger partial charge on any atom is -0.404 e. The standard InChI is InChI=1S/C19H25N9O2/c1-30-12-15-9-25-28-4-2-13(6-17(15)28)11-27(22)19-18(21)24-10-16(26-19)14(7-20)8-23-3-5-29/h2,4,6-10,29H,3,5,11-12,20,22H2,1H3,(H2,21,24). The molecule has 0 unspecified atom stereocenters. The van der Waals surface area contributed by atoms with Crippen molar-refractivity contribution >= 4 is 28.9 Å². The van der Waals surface area contributed by atoms with Gasteiger partial charge in [0.25, 0.3) is 0 Å². The van der Waals surface area contributed by atoms with Crippen molar-refractivity contribution in [3.8, 4) is 0 Å². The molecular formula is C19H25N9O2. The third-order valence-electron chi connectivity index (χ3n) is 4.31. The molecule has 0 fully saturated rings. The van der Waals surface area contributed by atoms with E-state index in [9.17, 15) is 0 Å². The highest BCUT2D eigenvalue weighted by Gasteiger charge is 2.14. The first-order chi connectivity index (χ1) is 14.6. The highest BCUT2D eigenvalue weighted by atomic mass is 16.5. The van der Waals surface area contributed by atoms with Gasteiger partial charge in [-0.3, -0.25) is 10.0 Å². The summed E-state index contributed by atoms with van der Waals surface area (Å²) in [4.78, 5) is 12.7. The number of nitrogens with two attached hydrogens (primary N) is 3. The van der Waals surface area contributed by atoms with Crippen molar-refractivity contribution in [2.45, 2.75) is 13.2 Å². The van der Waals surface area contributed by atoms with Gasteiger partial charge in [0.05, 0.1) is 49.9 Å². The first-order valence-corrected chi connectivity index (χ1v) is 9.19. The zero-order valence-electron chi connectivity index (χ0n) is 16.6. The van der Waals surface area contributed by atoms with Gasteiger partial charge in [-0.25, -0.2) is 20.3 Å². The van der Waals surface area contributed by atoms with Crippen LogP contribution in [0.1, 0.15) is 16.8 Å². The highest BCUT2D eigenvalue weighted by molar-refractivity contribution is 6.08. The first kappa shape index (κ1) is 21.2. The van der Waals surface area contributed by atoms with E-state index in [-0.39, 0.29) is 19.0 Å². The molecule has 0 aromatic carbocycles. The van der Waals surface area contributed by atoms with Crippen LogP contribution in [0.2, 0.25) is 0 Å². The lowest BCUT2D eigenvalue weighted by Gasteiger charge is -2.19. The minimum absolute atomic E-state index is 0.0583. The lowest BCUT2D eigenvalue weighted by molar-refractivity contribution is 0.186. The molecule has 0 saturated carbocycles. The molecule has 158 valence electrons. The van der Waals surface area contributed by atoms with Gasteiger partial charge in [-0.05, 0) is 17.7 Å². The Morgan fingerprint density at radius 3 is 2.97 bits per heavy atom. The van der Waals surface area contributed by atoms with Crippen molar-refractivity contribution in [1.82, 2.24) is 19.6 Å². The van der Waals surface area contributed by atoms with Crippen LogP contribution < -0.4 is 22.3 Å². The number of hydrogen-bond donors (Lipinski definition) is 4. The molecule has 0 aliphatic heterocycles. The molecule has 0 bridgehead atoms. The van der Waals surface area contributed by atoms with Crippen LogP contribution in [0.15, 0.2) is 41.9 Å². The molecule has 3 aromatic rings. The monoisotopic (exact) mass is 411 g/mol. The van der Waals surface area contributed by atoms with Crippen molar-refractivity contribution in [2.75, 3.05) is 31.0 Å². The summed E-state index contributed by atoms with van der Waals surface area (Å²) in [5.74, 6) is 6.77. The van der Waals surface area contributed by atoms with Crippen molar-refractivity contribution in [3.63, 3.8) is 0 Å². The van der Waals surface area contributed by atoms with Gasteiger partial charge in [0.15, 0.2) is 11.6 Å². The van der Waals surface area contributed by atoms with Gasteiger partial charge in [-0.2, -0.15) is 5.10 Å². The predicted octanol–water partition coefficient (Wildman–Crippen LogP) is 0.0959. The molecule has 7 N–H and O–H groups in total. The quantitative estimate of drug-likeness (QED) is 0.217. The van der Waals surface area contributed by atoms with Crippen molar-refractivity contribution < 1.29 is 9.84 Å². The Morgan fingerprint density at radius 1 is 1.40 bits per heavy atom. The summed E-state index contributed by atoms with van der Waals surface area (Å²) in [5, 5.41) is 14.6. The number of aliphatic imine (C=N–C) groups is 1. The number of methoxy groups -OCH3 is 1. The largest absolute Gasteiger partial charge is 0.404 e. The number of hydrazine groups is 1. The number of aliphatic hydroxyl groups is 1. The van der Waals surface area contributed by atoms with E-state index in [2.05, 4.69) is 20.1 Å². The maximum Gasteiger partial charge on any atom is 0.186 e. The van der Waals surface area contributed by atoms with Gasteiger partial charge in [-0.1, -0.05) is 0 Å². The molecule has 0 spiro atoms. The molecule has 0 aliphatic carbocycles. The number of nitrogen functional groups attached to an aromatic ring is 1. The molecule has 11 nitrogen and oxygen atoms in total. The topological polar surface area (TPSA) is 166 Å². The Kier molecular flexibility index (Phi) is 6.91. The number of hydrogen-bond acceptors (Lipinski definition) is 10. The van der Waals surface area contributed by atoms with Crippen LogP contribution in [0.3, 0.4) is 0 Å². The van der Waals surface area contributed by atoms with Gasteiger partial charge in [0.2, 0.25) is 0 Å². The van der Waals surface area contributed by atoms with Gasteiger partial charge < -0.3 is 21.3 Å². The smallest absolute Gasteiger partial charge is 0.186 e. The van der Waals surface area contributed by atoms with E-state index in [1.54, 1.807) is 17.8 Å². The van der Waals surface area contributed by atoms with Gasteiger partial charge in [-0.15, -0.1) is 0 Å². The average molecular weight is 411 g/mol. The zero-order valence-corrected chi connectivity index (χ0v) is 16.6. The summed E-state index contributed by atoms with van der Waals surface area (Å²) in [5.41, 5.74) is 15.5. The lowest BCUT2D eigenvalue weighted by atomic mass is 10.2. The first-order valence-electron chi connectivity index (χ1n) is 9.19. The molecule has 0 amide bonds. The number of allylic oxidation sites excluding steroid dienone is 1. The van der Waals surface area contributed by atoms with E-state index in [1.165, 1.54) is 23.6 Å². The van der Waals surface area contributed by atoms with E-state index in [0.29, 0.717) is 30.2 Å². The maximum atomic E-state index is 8.87. The number of pyridine rings is 1. The fourth-order valence-electron chi connectivity index (χ4n) is 2.87.